The Balaban J connectivity index is 0.00000114. The van der Waals surface area contributed by atoms with Crippen LogP contribution in [0.1, 0.15) is 43.0 Å². The monoisotopic (exact) mass is 523 g/mol. The van der Waals surface area contributed by atoms with Crippen molar-refractivity contribution in [2.75, 3.05) is 11.9 Å². The molecule has 170 valence electrons. The number of benzene rings is 3. The fourth-order valence-corrected chi connectivity index (χ4v) is 5.16. The summed E-state index contributed by atoms with van der Waals surface area (Å²) in [5, 5.41) is 13.4. The predicted molar refractivity (Wildman–Crippen MR) is 141 cm³/mol. The van der Waals surface area contributed by atoms with Crippen LogP contribution >= 0.6 is 27.2 Å². The molecule has 1 unspecified atom stereocenters. The van der Waals surface area contributed by atoms with Crippen LogP contribution in [0.4, 0.5) is 5.69 Å². The summed E-state index contributed by atoms with van der Waals surface area (Å²) in [5.74, 6) is 0.446. The molecular weight excluding hydrogens is 492 g/mol. The maximum atomic E-state index is 11.1. The van der Waals surface area contributed by atoms with E-state index < -0.39 is 17.0 Å². The van der Waals surface area contributed by atoms with Gasteiger partial charge >= 0.3 is 35.6 Å². The van der Waals surface area contributed by atoms with E-state index in [9.17, 15) is 5.11 Å². The summed E-state index contributed by atoms with van der Waals surface area (Å²) in [6, 6.07) is 21.3. The van der Waals surface area contributed by atoms with Gasteiger partial charge in [0.15, 0.2) is 0 Å². The van der Waals surface area contributed by atoms with Crippen LogP contribution in [0.25, 0.3) is 0 Å². The van der Waals surface area contributed by atoms with Crippen LogP contribution in [0.5, 0.6) is 5.75 Å². The molecule has 3 rings (SSSR count). The Morgan fingerprint density at radius 1 is 0.969 bits per heavy atom. The van der Waals surface area contributed by atoms with Gasteiger partial charge in [-0.25, -0.2) is 0 Å². The van der Waals surface area contributed by atoms with Crippen LogP contribution < -0.4 is 15.5 Å². The second-order valence-electron chi connectivity index (χ2n) is 8.97. The molecule has 32 heavy (non-hydrogen) atoms. The van der Waals surface area contributed by atoms with E-state index in [1.54, 1.807) is 0 Å². The van der Waals surface area contributed by atoms with Gasteiger partial charge in [0.1, 0.15) is 5.75 Å². The number of halogens is 2. The average Bonchev–Trinajstić information content (AvgIpc) is 2.72. The molecule has 0 heterocycles. The first-order valence-electron chi connectivity index (χ1n) is 10.5. The molecule has 0 saturated carbocycles. The molecule has 0 aliphatic rings. The van der Waals surface area contributed by atoms with E-state index in [0.717, 1.165) is 17.4 Å². The van der Waals surface area contributed by atoms with Crippen molar-refractivity contribution in [2.24, 2.45) is 0 Å². The Morgan fingerprint density at radius 2 is 1.59 bits per heavy atom. The van der Waals surface area contributed by atoms with Crippen molar-refractivity contribution < 1.29 is 22.1 Å². The topological polar surface area (TPSA) is 23.5 Å². The molecule has 3 aromatic rings. The van der Waals surface area contributed by atoms with E-state index in [-0.39, 0.29) is 5.41 Å². The van der Waals surface area contributed by atoms with Crippen molar-refractivity contribution in [3.8, 4) is 5.75 Å². The van der Waals surface area contributed by atoms with Gasteiger partial charge in [-0.2, -0.15) is 0 Å². The quantitative estimate of drug-likeness (QED) is 0.289. The molecule has 3 aromatic carbocycles. The SMILES string of the molecule is Cc1cc(Pc2c(C)cccc2N(C)Cc2ccccc2)c(O)c(C(C)(C)C)c1.[Cl][Ti][Cl]. The zero-order valence-corrected chi connectivity index (χ0v) is 23.7. The molecule has 0 amide bonds. The third-order valence-corrected chi connectivity index (χ3v) is 6.80. The Labute approximate surface area is 211 Å². The fraction of sp³-hybridized carbons (Fsp3) is 0.308. The van der Waals surface area contributed by atoms with Gasteiger partial charge in [-0.1, -0.05) is 77.9 Å². The van der Waals surface area contributed by atoms with Crippen molar-refractivity contribution >= 4 is 43.5 Å². The Kier molecular flexibility index (Phi) is 10.6. The summed E-state index contributed by atoms with van der Waals surface area (Å²) in [6.45, 7) is 11.6. The minimum absolute atomic E-state index is 0.0893. The molecule has 0 saturated heterocycles. The fourth-order valence-electron chi connectivity index (χ4n) is 3.66. The first-order chi connectivity index (χ1) is 15.1. The maximum absolute atomic E-state index is 11.1. The molecule has 0 bridgehead atoms. The molecule has 0 radical (unpaired) electrons. The Morgan fingerprint density at radius 3 is 2.19 bits per heavy atom. The number of hydrogen-bond acceptors (Lipinski definition) is 2. The van der Waals surface area contributed by atoms with Crippen molar-refractivity contribution in [1.29, 1.82) is 0 Å². The third-order valence-electron chi connectivity index (χ3n) is 5.25. The first kappa shape index (κ1) is 27.2. The number of hydrogen-bond donors (Lipinski definition) is 1. The standard InChI is InChI=1S/C26H32NOP.2ClH.Ti/c1-18-15-21(26(3,4)5)24(28)23(16-18)29-25-19(2)11-10-14-22(25)27(6)17-20-12-8-7-9-13-20;;;/h7-16,28-29H,17H2,1-6H3;2*1H;/q;;;+2/p-2. The summed E-state index contributed by atoms with van der Waals surface area (Å²) in [4.78, 5) is 2.31. The second kappa shape index (κ2) is 12.4. The van der Waals surface area contributed by atoms with Crippen molar-refractivity contribution in [3.63, 3.8) is 0 Å². The molecule has 0 spiro atoms. The molecule has 2 nitrogen and oxygen atoms in total. The van der Waals surface area contributed by atoms with Gasteiger partial charge in [-0.3, -0.25) is 0 Å². The number of phenols is 1. The summed E-state index contributed by atoms with van der Waals surface area (Å²) in [7, 11) is 12.3. The van der Waals surface area contributed by atoms with Gasteiger partial charge in [-0.05, 0) is 48.1 Å². The molecule has 0 aromatic heterocycles. The van der Waals surface area contributed by atoms with E-state index in [0.29, 0.717) is 14.3 Å². The van der Waals surface area contributed by atoms with E-state index in [1.165, 1.54) is 27.7 Å². The number of phenolic OH excluding ortho intramolecular Hbond substituents is 1. The molecular formula is C26H32Cl2NOPTi. The number of aromatic hydroxyl groups is 1. The summed E-state index contributed by atoms with van der Waals surface area (Å²) in [5.41, 5.74) is 5.91. The average molecular weight is 524 g/mol. The zero-order chi connectivity index (χ0) is 23.9. The molecule has 1 N–H and O–H groups in total. The molecule has 0 aliphatic carbocycles. The summed E-state index contributed by atoms with van der Waals surface area (Å²) in [6.07, 6.45) is 0. The summed E-state index contributed by atoms with van der Waals surface area (Å²) >= 11 is -0.556. The normalized spacial score (nSPS) is 11.2. The Bertz CT molecular complexity index is 1020. The number of anilines is 1. The van der Waals surface area contributed by atoms with Gasteiger partial charge in [-0.15, -0.1) is 0 Å². The first-order valence-corrected chi connectivity index (χ1v) is 15.8. The second-order valence-corrected chi connectivity index (χ2v) is 12.8. The van der Waals surface area contributed by atoms with Gasteiger partial charge in [0, 0.05) is 35.5 Å². The van der Waals surface area contributed by atoms with Gasteiger partial charge < -0.3 is 10.0 Å². The van der Waals surface area contributed by atoms with Crippen LogP contribution in [0.15, 0.2) is 60.7 Å². The Hall–Kier alpha value is -1.02. The van der Waals surface area contributed by atoms with E-state index in [4.69, 9.17) is 18.6 Å². The van der Waals surface area contributed by atoms with Crippen LogP contribution in [-0.4, -0.2) is 12.2 Å². The van der Waals surface area contributed by atoms with Gasteiger partial charge in [0.05, 0.1) is 0 Å². The number of rotatable bonds is 5. The van der Waals surface area contributed by atoms with Crippen LogP contribution in [-0.2, 0) is 29.0 Å². The number of nitrogens with zero attached hydrogens (tertiary/aromatic N) is 1. The van der Waals surface area contributed by atoms with Crippen LogP contribution in [0, 0.1) is 13.8 Å². The summed E-state index contributed by atoms with van der Waals surface area (Å²) < 4.78 is 0. The van der Waals surface area contributed by atoms with Crippen molar-refractivity contribution in [1.82, 2.24) is 0 Å². The van der Waals surface area contributed by atoms with Gasteiger partial charge in [0.25, 0.3) is 0 Å². The van der Waals surface area contributed by atoms with E-state index >= 15 is 0 Å². The van der Waals surface area contributed by atoms with Crippen molar-refractivity contribution in [2.45, 2.75) is 46.6 Å². The predicted octanol–water partition coefficient (Wildman–Crippen LogP) is 6.95. The molecule has 0 fully saturated rings. The number of aryl methyl sites for hydroxylation is 2. The zero-order valence-electron chi connectivity index (χ0n) is 19.6. The van der Waals surface area contributed by atoms with E-state index in [2.05, 4.69) is 107 Å². The third kappa shape index (κ3) is 7.51. The van der Waals surface area contributed by atoms with E-state index in [1.807, 2.05) is 0 Å². The molecule has 1 atom stereocenters. The van der Waals surface area contributed by atoms with Crippen molar-refractivity contribution in [3.05, 3.63) is 82.9 Å². The molecule has 0 aliphatic heterocycles. The molecule has 6 heteroatoms. The van der Waals surface area contributed by atoms with Gasteiger partial charge in [0.2, 0.25) is 0 Å². The van der Waals surface area contributed by atoms with Crippen LogP contribution in [0.2, 0.25) is 0 Å². The van der Waals surface area contributed by atoms with Crippen LogP contribution in [0.3, 0.4) is 0 Å². The minimum atomic E-state index is -0.556.